The topological polar surface area (TPSA) is 45.0 Å². The first kappa shape index (κ1) is 10.8. The summed E-state index contributed by atoms with van der Waals surface area (Å²) in [6.07, 6.45) is 2.37. The molecule has 0 amide bonds. The summed E-state index contributed by atoms with van der Waals surface area (Å²) in [5.74, 6) is 0.0539. The number of benzene rings is 1. The summed E-state index contributed by atoms with van der Waals surface area (Å²) in [5, 5.41) is 10.2. The van der Waals surface area contributed by atoms with Crippen LogP contribution in [-0.4, -0.2) is 23.9 Å². The normalized spacial score (nSPS) is 15.9. The van der Waals surface area contributed by atoms with E-state index in [0.29, 0.717) is 5.56 Å². The minimum Gasteiger partial charge on any atom is -0.295 e. The van der Waals surface area contributed by atoms with Crippen molar-refractivity contribution in [2.45, 2.75) is 19.8 Å². The van der Waals surface area contributed by atoms with Crippen molar-refractivity contribution in [1.82, 2.24) is 5.01 Å². The number of carbonyl (C=O) groups excluding carboxylic acids is 1. The highest BCUT2D eigenvalue weighted by Crippen LogP contribution is 2.17. The Bertz CT molecular complexity index is 408. The molecule has 0 radical (unpaired) electrons. The molecule has 2 rings (SSSR count). The predicted octanol–water partition coefficient (Wildman–Crippen LogP) is 2.98. The van der Waals surface area contributed by atoms with Crippen LogP contribution in [0.1, 0.15) is 30.1 Å². The van der Waals surface area contributed by atoms with Crippen molar-refractivity contribution in [2.75, 3.05) is 13.1 Å². The van der Waals surface area contributed by atoms with Crippen molar-refractivity contribution in [3.05, 3.63) is 29.8 Å². The van der Waals surface area contributed by atoms with Gasteiger partial charge in [0, 0.05) is 18.7 Å². The maximum atomic E-state index is 11.2. The fourth-order valence-electron chi connectivity index (χ4n) is 1.69. The highest BCUT2D eigenvalue weighted by molar-refractivity contribution is 5.94. The lowest BCUT2D eigenvalue weighted by atomic mass is 10.1. The largest absolute Gasteiger partial charge is 0.295 e. The van der Waals surface area contributed by atoms with Gasteiger partial charge in [0.1, 0.15) is 0 Å². The van der Waals surface area contributed by atoms with Gasteiger partial charge >= 0.3 is 0 Å². The van der Waals surface area contributed by atoms with Gasteiger partial charge in [0.15, 0.2) is 5.78 Å². The molecule has 1 saturated heterocycles. The highest BCUT2D eigenvalue weighted by Gasteiger charge is 2.08. The van der Waals surface area contributed by atoms with Crippen molar-refractivity contribution in [3.63, 3.8) is 0 Å². The number of hydrogen-bond acceptors (Lipinski definition) is 3. The third-order valence-corrected chi connectivity index (χ3v) is 2.62. The van der Waals surface area contributed by atoms with E-state index in [1.54, 1.807) is 19.1 Å². The summed E-state index contributed by atoms with van der Waals surface area (Å²) in [6.45, 7) is 3.52. The molecule has 0 N–H and O–H groups in total. The molecule has 1 fully saturated rings. The molecule has 0 aromatic heterocycles. The highest BCUT2D eigenvalue weighted by atomic mass is 16.1. The summed E-state index contributed by atoms with van der Waals surface area (Å²) in [4.78, 5) is 11.2. The lowest BCUT2D eigenvalue weighted by Crippen LogP contribution is -2.09. The first-order valence-corrected chi connectivity index (χ1v) is 5.53. The smallest absolute Gasteiger partial charge is 0.159 e. The van der Waals surface area contributed by atoms with Crippen LogP contribution in [0.5, 0.6) is 0 Å². The van der Waals surface area contributed by atoms with Gasteiger partial charge in [-0.05, 0) is 31.9 Å². The summed E-state index contributed by atoms with van der Waals surface area (Å²) in [6, 6.07) is 7.24. The number of rotatable bonds is 3. The maximum Gasteiger partial charge on any atom is 0.159 e. The summed E-state index contributed by atoms with van der Waals surface area (Å²) in [7, 11) is 0. The van der Waals surface area contributed by atoms with Gasteiger partial charge in [0.25, 0.3) is 0 Å². The van der Waals surface area contributed by atoms with Crippen LogP contribution in [0.2, 0.25) is 0 Å². The van der Waals surface area contributed by atoms with Gasteiger partial charge in [0.05, 0.1) is 5.69 Å². The first-order chi connectivity index (χ1) is 7.75. The van der Waals surface area contributed by atoms with E-state index in [2.05, 4.69) is 10.3 Å². The maximum absolute atomic E-state index is 11.2. The van der Waals surface area contributed by atoms with Crippen LogP contribution in [0.15, 0.2) is 34.6 Å². The Hall–Kier alpha value is -1.71. The Morgan fingerprint density at radius 2 is 2.06 bits per heavy atom. The van der Waals surface area contributed by atoms with Crippen molar-refractivity contribution < 1.29 is 4.79 Å². The fraction of sp³-hybridized carbons (Fsp3) is 0.417. The van der Waals surface area contributed by atoms with E-state index < -0.39 is 0 Å². The molecule has 1 aliphatic rings. The Morgan fingerprint density at radius 3 is 2.75 bits per heavy atom. The standard InChI is InChI=1S/C12H15N3O/c1-10(16)11-5-4-6-12(9-11)13-14-15-7-2-3-8-15/h4-6,9H,2-3,7-8H2,1H3. The Labute approximate surface area is 95.0 Å². The zero-order valence-electron chi connectivity index (χ0n) is 9.39. The second kappa shape index (κ2) is 4.88. The van der Waals surface area contributed by atoms with E-state index >= 15 is 0 Å². The van der Waals surface area contributed by atoms with Crippen molar-refractivity contribution in [3.8, 4) is 0 Å². The zero-order chi connectivity index (χ0) is 11.4. The monoisotopic (exact) mass is 217 g/mol. The van der Waals surface area contributed by atoms with Gasteiger partial charge < -0.3 is 0 Å². The van der Waals surface area contributed by atoms with Crippen LogP contribution in [-0.2, 0) is 0 Å². The van der Waals surface area contributed by atoms with E-state index in [-0.39, 0.29) is 5.78 Å². The number of Topliss-reactive ketones (excluding diaryl/α,β-unsaturated/α-hetero) is 1. The molecule has 1 aromatic rings. The number of ketones is 1. The molecule has 0 spiro atoms. The summed E-state index contributed by atoms with van der Waals surface area (Å²) < 4.78 is 0. The Balaban J connectivity index is 2.08. The van der Waals surface area contributed by atoms with Crippen molar-refractivity contribution in [2.24, 2.45) is 10.3 Å². The minimum absolute atomic E-state index is 0.0539. The molecule has 1 heterocycles. The molecule has 4 heteroatoms. The van der Waals surface area contributed by atoms with E-state index in [0.717, 1.165) is 18.8 Å². The lowest BCUT2D eigenvalue weighted by molar-refractivity contribution is 0.101. The van der Waals surface area contributed by atoms with Crippen LogP contribution in [0, 0.1) is 0 Å². The number of hydrogen-bond donors (Lipinski definition) is 0. The average Bonchev–Trinajstić information content (AvgIpc) is 2.79. The molecule has 0 saturated carbocycles. The van der Waals surface area contributed by atoms with Gasteiger partial charge in [-0.15, -0.1) is 5.11 Å². The molecule has 1 aromatic carbocycles. The molecule has 0 bridgehead atoms. The minimum atomic E-state index is 0.0539. The molecule has 0 aliphatic carbocycles. The first-order valence-electron chi connectivity index (χ1n) is 5.53. The van der Waals surface area contributed by atoms with Crippen LogP contribution in [0.3, 0.4) is 0 Å². The van der Waals surface area contributed by atoms with E-state index in [4.69, 9.17) is 0 Å². The average molecular weight is 217 g/mol. The van der Waals surface area contributed by atoms with Gasteiger partial charge in [-0.1, -0.05) is 17.4 Å². The van der Waals surface area contributed by atoms with Crippen molar-refractivity contribution in [1.29, 1.82) is 0 Å². The quantitative estimate of drug-likeness (QED) is 0.577. The molecular weight excluding hydrogens is 202 g/mol. The molecular formula is C12H15N3O. The summed E-state index contributed by atoms with van der Waals surface area (Å²) in [5.41, 5.74) is 1.41. The van der Waals surface area contributed by atoms with Gasteiger partial charge in [0.2, 0.25) is 0 Å². The van der Waals surface area contributed by atoms with Gasteiger partial charge in [-0.2, -0.15) is 0 Å². The molecule has 0 atom stereocenters. The molecule has 4 nitrogen and oxygen atoms in total. The van der Waals surface area contributed by atoms with Crippen LogP contribution >= 0.6 is 0 Å². The van der Waals surface area contributed by atoms with Crippen molar-refractivity contribution >= 4 is 11.5 Å². The Morgan fingerprint density at radius 1 is 1.31 bits per heavy atom. The van der Waals surface area contributed by atoms with E-state index in [1.807, 2.05) is 17.1 Å². The molecule has 1 aliphatic heterocycles. The van der Waals surface area contributed by atoms with E-state index in [1.165, 1.54) is 12.8 Å². The third-order valence-electron chi connectivity index (χ3n) is 2.62. The second-order valence-corrected chi connectivity index (χ2v) is 3.96. The number of carbonyl (C=O) groups is 1. The predicted molar refractivity (Wildman–Crippen MR) is 61.8 cm³/mol. The van der Waals surface area contributed by atoms with Crippen LogP contribution < -0.4 is 0 Å². The number of nitrogens with zero attached hydrogens (tertiary/aromatic N) is 3. The molecule has 84 valence electrons. The lowest BCUT2D eigenvalue weighted by Gasteiger charge is -2.06. The third kappa shape index (κ3) is 2.66. The Kier molecular flexibility index (Phi) is 3.29. The summed E-state index contributed by atoms with van der Waals surface area (Å²) >= 11 is 0. The zero-order valence-corrected chi connectivity index (χ0v) is 9.39. The SMILES string of the molecule is CC(=O)c1cccc(N=NN2CCCC2)c1. The van der Waals surface area contributed by atoms with E-state index in [9.17, 15) is 4.79 Å². The fourth-order valence-corrected chi connectivity index (χ4v) is 1.69. The molecule has 0 unspecified atom stereocenters. The van der Waals surface area contributed by atoms with Crippen LogP contribution in [0.4, 0.5) is 5.69 Å². The van der Waals surface area contributed by atoms with Gasteiger partial charge in [-0.3, -0.25) is 9.80 Å². The second-order valence-electron chi connectivity index (χ2n) is 3.96. The van der Waals surface area contributed by atoms with Crippen LogP contribution in [0.25, 0.3) is 0 Å². The molecule has 16 heavy (non-hydrogen) atoms. The van der Waals surface area contributed by atoms with Gasteiger partial charge in [-0.25, -0.2) is 0 Å².